The SMILES string of the molecule is COc1cc(Nc2nc(C)nc(NCc3cccc(Br)c3)n2)cc(OC)c1OC. The van der Waals surface area contributed by atoms with E-state index in [1.165, 1.54) is 0 Å². The van der Waals surface area contributed by atoms with Crippen molar-refractivity contribution in [2.75, 3.05) is 32.0 Å². The van der Waals surface area contributed by atoms with E-state index in [9.17, 15) is 0 Å². The number of hydrogen-bond donors (Lipinski definition) is 2. The van der Waals surface area contributed by atoms with Crippen LogP contribution in [0.5, 0.6) is 17.2 Å². The van der Waals surface area contributed by atoms with Crippen molar-refractivity contribution < 1.29 is 14.2 Å². The van der Waals surface area contributed by atoms with Crippen LogP contribution in [0.15, 0.2) is 40.9 Å². The van der Waals surface area contributed by atoms with Crippen LogP contribution in [0.3, 0.4) is 0 Å². The fourth-order valence-electron chi connectivity index (χ4n) is 2.73. The molecule has 0 spiro atoms. The Morgan fingerprint density at radius 1 is 0.897 bits per heavy atom. The van der Waals surface area contributed by atoms with Gasteiger partial charge < -0.3 is 24.8 Å². The highest BCUT2D eigenvalue weighted by Crippen LogP contribution is 2.40. The lowest BCUT2D eigenvalue weighted by molar-refractivity contribution is 0.324. The first kappa shape index (κ1) is 20.7. The van der Waals surface area contributed by atoms with Crippen LogP contribution in [-0.2, 0) is 6.54 Å². The maximum atomic E-state index is 5.39. The molecule has 0 radical (unpaired) electrons. The number of nitrogens with one attached hydrogen (secondary N) is 2. The number of aromatic nitrogens is 3. The number of aryl methyl sites for hydroxylation is 1. The molecule has 0 aliphatic carbocycles. The third-order valence-corrected chi connectivity index (χ3v) is 4.50. The predicted molar refractivity (Wildman–Crippen MR) is 115 cm³/mol. The van der Waals surface area contributed by atoms with Crippen molar-refractivity contribution >= 4 is 33.5 Å². The van der Waals surface area contributed by atoms with Gasteiger partial charge in [-0.3, -0.25) is 0 Å². The second kappa shape index (κ2) is 9.42. The Bertz CT molecular complexity index is 975. The molecular formula is C20H22BrN5O3. The molecule has 0 fully saturated rings. The highest BCUT2D eigenvalue weighted by Gasteiger charge is 2.14. The fourth-order valence-corrected chi connectivity index (χ4v) is 3.17. The molecule has 2 aromatic carbocycles. The number of methoxy groups -OCH3 is 3. The van der Waals surface area contributed by atoms with Crippen molar-refractivity contribution in [1.29, 1.82) is 0 Å². The number of nitrogens with zero attached hydrogens (tertiary/aromatic N) is 3. The molecule has 3 rings (SSSR count). The molecule has 0 saturated carbocycles. The van der Waals surface area contributed by atoms with E-state index in [1.807, 2.05) is 31.2 Å². The Hall–Kier alpha value is -3.07. The van der Waals surface area contributed by atoms with E-state index in [0.717, 1.165) is 10.0 Å². The minimum Gasteiger partial charge on any atom is -0.493 e. The monoisotopic (exact) mass is 459 g/mol. The summed E-state index contributed by atoms with van der Waals surface area (Å²) >= 11 is 3.47. The molecule has 8 nitrogen and oxygen atoms in total. The van der Waals surface area contributed by atoms with Gasteiger partial charge in [0.1, 0.15) is 5.82 Å². The van der Waals surface area contributed by atoms with Gasteiger partial charge in [-0.2, -0.15) is 15.0 Å². The van der Waals surface area contributed by atoms with Gasteiger partial charge in [0.25, 0.3) is 0 Å². The first-order chi connectivity index (χ1) is 14.0. The molecule has 0 amide bonds. The molecule has 0 bridgehead atoms. The average molecular weight is 460 g/mol. The van der Waals surface area contributed by atoms with Crippen LogP contribution in [0.25, 0.3) is 0 Å². The van der Waals surface area contributed by atoms with Crippen LogP contribution in [0, 0.1) is 6.92 Å². The van der Waals surface area contributed by atoms with E-state index in [0.29, 0.717) is 47.2 Å². The maximum Gasteiger partial charge on any atom is 0.232 e. The molecule has 1 heterocycles. The van der Waals surface area contributed by atoms with Crippen LogP contribution in [0.2, 0.25) is 0 Å². The summed E-state index contributed by atoms with van der Waals surface area (Å²) in [5.74, 6) is 3.06. The van der Waals surface area contributed by atoms with E-state index >= 15 is 0 Å². The van der Waals surface area contributed by atoms with Crippen LogP contribution in [0.1, 0.15) is 11.4 Å². The Morgan fingerprint density at radius 3 is 2.21 bits per heavy atom. The molecule has 29 heavy (non-hydrogen) atoms. The Morgan fingerprint density at radius 2 is 1.59 bits per heavy atom. The standard InChI is InChI=1S/C20H22BrN5O3/c1-12-23-19(22-11-13-6-5-7-14(21)8-13)26-20(24-12)25-15-9-16(27-2)18(29-4)17(10-15)28-3/h5-10H,11H2,1-4H3,(H2,22,23,24,25,26). The van der Waals surface area contributed by atoms with E-state index in [4.69, 9.17) is 14.2 Å². The first-order valence-corrected chi connectivity index (χ1v) is 9.59. The zero-order valence-electron chi connectivity index (χ0n) is 16.6. The molecule has 1 aromatic heterocycles. The molecule has 0 aliphatic heterocycles. The predicted octanol–water partition coefficient (Wildman–Crippen LogP) is 4.32. The highest BCUT2D eigenvalue weighted by atomic mass is 79.9. The van der Waals surface area contributed by atoms with Gasteiger partial charge in [-0.1, -0.05) is 28.1 Å². The van der Waals surface area contributed by atoms with Crippen LogP contribution < -0.4 is 24.8 Å². The largest absolute Gasteiger partial charge is 0.493 e. The van der Waals surface area contributed by atoms with Gasteiger partial charge in [-0.05, 0) is 24.6 Å². The van der Waals surface area contributed by atoms with Crippen molar-refractivity contribution in [3.63, 3.8) is 0 Å². The quantitative estimate of drug-likeness (QED) is 0.514. The van der Waals surface area contributed by atoms with Gasteiger partial charge >= 0.3 is 0 Å². The summed E-state index contributed by atoms with van der Waals surface area (Å²) in [4.78, 5) is 13.2. The summed E-state index contributed by atoms with van der Waals surface area (Å²) in [5, 5.41) is 6.39. The van der Waals surface area contributed by atoms with Crippen LogP contribution >= 0.6 is 15.9 Å². The third kappa shape index (κ3) is 5.26. The fraction of sp³-hybridized carbons (Fsp3) is 0.250. The minimum absolute atomic E-state index is 0.406. The summed E-state index contributed by atoms with van der Waals surface area (Å²) in [6, 6.07) is 11.6. The Labute approximate surface area is 177 Å². The normalized spacial score (nSPS) is 10.4. The second-order valence-corrected chi connectivity index (χ2v) is 6.97. The third-order valence-electron chi connectivity index (χ3n) is 4.01. The zero-order valence-corrected chi connectivity index (χ0v) is 18.2. The van der Waals surface area contributed by atoms with Crippen molar-refractivity contribution in [3.05, 3.63) is 52.3 Å². The van der Waals surface area contributed by atoms with Gasteiger partial charge in [0.2, 0.25) is 17.6 Å². The highest BCUT2D eigenvalue weighted by molar-refractivity contribution is 9.10. The number of halogens is 1. The number of ether oxygens (including phenoxy) is 3. The molecule has 0 saturated heterocycles. The molecule has 2 N–H and O–H groups in total. The smallest absolute Gasteiger partial charge is 0.232 e. The molecule has 0 atom stereocenters. The summed E-state index contributed by atoms with van der Waals surface area (Å²) < 4.78 is 17.1. The van der Waals surface area contributed by atoms with Crippen molar-refractivity contribution in [2.45, 2.75) is 13.5 Å². The van der Waals surface area contributed by atoms with Crippen molar-refractivity contribution in [1.82, 2.24) is 15.0 Å². The van der Waals surface area contributed by atoms with E-state index in [2.05, 4.69) is 41.5 Å². The lowest BCUT2D eigenvalue weighted by Crippen LogP contribution is -2.08. The molecular weight excluding hydrogens is 438 g/mol. The number of rotatable bonds is 8. The topological polar surface area (TPSA) is 90.4 Å². The van der Waals surface area contributed by atoms with Gasteiger partial charge in [0.05, 0.1) is 21.3 Å². The summed E-state index contributed by atoms with van der Waals surface area (Å²) in [7, 11) is 4.70. The first-order valence-electron chi connectivity index (χ1n) is 8.80. The molecule has 152 valence electrons. The number of hydrogen-bond acceptors (Lipinski definition) is 8. The van der Waals surface area contributed by atoms with Gasteiger partial charge in [-0.15, -0.1) is 0 Å². The van der Waals surface area contributed by atoms with E-state index < -0.39 is 0 Å². The minimum atomic E-state index is 0.406. The summed E-state index contributed by atoms with van der Waals surface area (Å²) in [6.45, 7) is 2.40. The van der Waals surface area contributed by atoms with E-state index in [-0.39, 0.29) is 0 Å². The Kier molecular flexibility index (Phi) is 6.71. The molecule has 3 aromatic rings. The maximum absolute atomic E-state index is 5.39. The number of anilines is 3. The summed E-state index contributed by atoms with van der Waals surface area (Å²) in [6.07, 6.45) is 0. The van der Waals surface area contributed by atoms with Crippen LogP contribution in [-0.4, -0.2) is 36.3 Å². The number of benzene rings is 2. The molecule has 0 unspecified atom stereocenters. The Balaban J connectivity index is 1.81. The lowest BCUT2D eigenvalue weighted by Gasteiger charge is -2.15. The molecule has 9 heteroatoms. The van der Waals surface area contributed by atoms with Crippen molar-refractivity contribution in [2.24, 2.45) is 0 Å². The summed E-state index contributed by atoms with van der Waals surface area (Å²) in [5.41, 5.74) is 1.81. The van der Waals surface area contributed by atoms with Crippen molar-refractivity contribution in [3.8, 4) is 17.2 Å². The van der Waals surface area contributed by atoms with E-state index in [1.54, 1.807) is 33.5 Å². The lowest BCUT2D eigenvalue weighted by atomic mass is 10.2. The zero-order chi connectivity index (χ0) is 20.8. The van der Waals surface area contributed by atoms with Crippen LogP contribution in [0.4, 0.5) is 17.6 Å². The molecule has 0 aliphatic rings. The van der Waals surface area contributed by atoms with Gasteiger partial charge in [0, 0.05) is 28.8 Å². The van der Waals surface area contributed by atoms with Gasteiger partial charge in [0.15, 0.2) is 11.5 Å². The average Bonchev–Trinajstić information content (AvgIpc) is 2.71. The van der Waals surface area contributed by atoms with Gasteiger partial charge in [-0.25, -0.2) is 0 Å². The second-order valence-electron chi connectivity index (χ2n) is 6.05.